The van der Waals surface area contributed by atoms with Crippen LogP contribution in [0, 0.1) is 12.7 Å². The molecule has 1 aliphatic carbocycles. The number of rotatable bonds is 6. The van der Waals surface area contributed by atoms with Gasteiger partial charge in [0.15, 0.2) is 5.82 Å². The summed E-state index contributed by atoms with van der Waals surface area (Å²) in [6, 6.07) is 2.39. The van der Waals surface area contributed by atoms with Crippen LogP contribution in [0.15, 0.2) is 12.1 Å². The molecule has 1 saturated carbocycles. The third-order valence-corrected chi connectivity index (χ3v) is 5.07. The topological polar surface area (TPSA) is 64.3 Å². The normalized spacial score (nSPS) is 15.7. The van der Waals surface area contributed by atoms with Crippen molar-refractivity contribution in [3.8, 4) is 5.75 Å². The van der Waals surface area contributed by atoms with Crippen molar-refractivity contribution in [2.24, 2.45) is 0 Å². The highest BCUT2D eigenvalue weighted by Crippen LogP contribution is 2.42. The molecule has 0 atom stereocenters. The summed E-state index contributed by atoms with van der Waals surface area (Å²) >= 11 is 0. The second-order valence-electron chi connectivity index (χ2n) is 8.38. The molecule has 0 amide bonds. The second-order valence-corrected chi connectivity index (χ2v) is 8.38. The number of nitrogens with zero attached hydrogens (tertiary/aromatic N) is 2. The van der Waals surface area contributed by atoms with Crippen LogP contribution in [0.1, 0.15) is 65.6 Å². The van der Waals surface area contributed by atoms with Crippen LogP contribution in [0.25, 0.3) is 11.0 Å². The maximum atomic E-state index is 14.0. The summed E-state index contributed by atoms with van der Waals surface area (Å²) in [6.45, 7) is 5.98. The summed E-state index contributed by atoms with van der Waals surface area (Å²) in [5, 5.41) is 9.10. The number of ether oxygens (including phenoxy) is 1. The first-order valence-electron chi connectivity index (χ1n) is 9.74. The first kappa shape index (κ1) is 23.2. The van der Waals surface area contributed by atoms with E-state index in [1.807, 2.05) is 4.57 Å². The Morgan fingerprint density at radius 3 is 2.41 bits per heavy atom. The van der Waals surface area contributed by atoms with E-state index in [1.54, 1.807) is 27.7 Å². The number of hydrogen-bond acceptors (Lipinski definition) is 4. The number of aliphatic hydroxyl groups is 1. The smallest absolute Gasteiger partial charge is 0.387 e. The Morgan fingerprint density at radius 2 is 2.00 bits per heavy atom. The molecule has 8 heteroatoms. The summed E-state index contributed by atoms with van der Waals surface area (Å²) in [7, 11) is 0. The minimum atomic E-state index is -2.97. The number of alkyl halides is 2. The summed E-state index contributed by atoms with van der Waals surface area (Å²) in [6.07, 6.45) is 3.83. The Kier molecular flexibility index (Phi) is 6.98. The van der Waals surface area contributed by atoms with Gasteiger partial charge in [-0.2, -0.15) is 8.78 Å². The van der Waals surface area contributed by atoms with Crippen molar-refractivity contribution >= 4 is 16.8 Å². The third-order valence-electron chi connectivity index (χ3n) is 5.07. The van der Waals surface area contributed by atoms with Crippen LogP contribution in [-0.4, -0.2) is 32.7 Å². The van der Waals surface area contributed by atoms with E-state index in [2.05, 4.69) is 16.6 Å². The number of imidazole rings is 1. The summed E-state index contributed by atoms with van der Waals surface area (Å²) in [5.74, 6) is -0.00482. The average molecular weight is 414 g/mol. The molecule has 5 nitrogen and oxygen atoms in total. The fourth-order valence-corrected chi connectivity index (χ4v) is 3.60. The van der Waals surface area contributed by atoms with Gasteiger partial charge in [0.25, 0.3) is 0 Å². The maximum Gasteiger partial charge on any atom is 0.387 e. The van der Waals surface area contributed by atoms with Gasteiger partial charge in [-0.3, -0.25) is 4.79 Å². The molecule has 1 aromatic carbocycles. The number of ketones is 1. The minimum absolute atomic E-state index is 0.113. The molecule has 1 heterocycles. The van der Waals surface area contributed by atoms with Gasteiger partial charge in [0.1, 0.15) is 22.9 Å². The molecule has 1 fully saturated rings. The van der Waals surface area contributed by atoms with Gasteiger partial charge in [0.05, 0.1) is 11.1 Å². The van der Waals surface area contributed by atoms with Crippen LogP contribution < -0.4 is 4.74 Å². The number of aryl methyl sites for hydroxylation is 1. The Bertz CT molecular complexity index is 868. The highest BCUT2D eigenvalue weighted by Gasteiger charge is 2.36. The highest BCUT2D eigenvalue weighted by atomic mass is 19.3. The number of Topliss-reactive ketones (excluding diaryl/α,β-unsaturated/α-hetero) is 1. The van der Waals surface area contributed by atoms with Gasteiger partial charge < -0.3 is 14.4 Å². The van der Waals surface area contributed by atoms with E-state index < -0.39 is 18.0 Å². The number of hydrogen-bond donors (Lipinski definition) is 1. The lowest BCUT2D eigenvalue weighted by Crippen LogP contribution is -2.37. The van der Waals surface area contributed by atoms with E-state index >= 15 is 0 Å². The van der Waals surface area contributed by atoms with Gasteiger partial charge in [-0.05, 0) is 47.0 Å². The van der Waals surface area contributed by atoms with Crippen LogP contribution in [0.4, 0.5) is 13.2 Å². The predicted molar refractivity (Wildman–Crippen MR) is 105 cm³/mol. The zero-order valence-electron chi connectivity index (χ0n) is 17.6. The number of aromatic nitrogens is 2. The molecular formula is C21H29F3N2O3. The lowest BCUT2D eigenvalue weighted by atomic mass is 9.78. The number of benzene rings is 1. The van der Waals surface area contributed by atoms with Gasteiger partial charge in [-0.1, -0.05) is 6.92 Å². The van der Waals surface area contributed by atoms with Crippen molar-refractivity contribution in [2.45, 2.75) is 84.5 Å². The molecule has 1 N–H and O–H groups in total. The Morgan fingerprint density at radius 1 is 1.38 bits per heavy atom. The minimum Gasteiger partial charge on any atom is -0.435 e. The zero-order valence-corrected chi connectivity index (χ0v) is 17.6. The molecule has 0 unspecified atom stereocenters. The van der Waals surface area contributed by atoms with Gasteiger partial charge in [-0.25, -0.2) is 9.37 Å². The van der Waals surface area contributed by atoms with Crippen LogP contribution in [0.2, 0.25) is 0 Å². The third kappa shape index (κ3) is 5.72. The van der Waals surface area contributed by atoms with E-state index in [4.69, 9.17) is 5.11 Å². The van der Waals surface area contributed by atoms with Crippen molar-refractivity contribution in [3.05, 3.63) is 23.8 Å². The number of carbonyl (C=O) groups excluding carboxylic acids is 1. The first-order chi connectivity index (χ1) is 13.4. The van der Waals surface area contributed by atoms with E-state index in [0.29, 0.717) is 17.8 Å². The molecule has 0 radical (unpaired) electrons. The van der Waals surface area contributed by atoms with Crippen LogP contribution in [0.5, 0.6) is 5.75 Å². The standard InChI is InChI=1S/C14H15F3N2O.C7H14O2/c1-8-18-12-10(15)6-9(20-13(16)17)7-11(12)19(8)14(2)4-3-5-14;1-4-6(8)5-7(2,3)9/h6-7,13H,3-5H2,1-2H3;9H,4-5H2,1-3H3. The largest absolute Gasteiger partial charge is 0.435 e. The van der Waals surface area contributed by atoms with Crippen molar-refractivity contribution in [3.63, 3.8) is 0 Å². The molecule has 162 valence electrons. The fraction of sp³-hybridized carbons (Fsp3) is 0.619. The molecule has 0 saturated heterocycles. The van der Waals surface area contributed by atoms with Crippen LogP contribution >= 0.6 is 0 Å². The van der Waals surface area contributed by atoms with E-state index in [1.165, 1.54) is 6.07 Å². The van der Waals surface area contributed by atoms with Crippen molar-refractivity contribution in [2.75, 3.05) is 0 Å². The van der Waals surface area contributed by atoms with Crippen LogP contribution in [-0.2, 0) is 10.3 Å². The van der Waals surface area contributed by atoms with Crippen molar-refractivity contribution in [1.82, 2.24) is 9.55 Å². The first-order valence-corrected chi connectivity index (χ1v) is 9.74. The molecule has 2 aromatic rings. The number of halogens is 3. The predicted octanol–water partition coefficient (Wildman–Crippen LogP) is 5.11. The molecular weight excluding hydrogens is 385 g/mol. The van der Waals surface area contributed by atoms with E-state index in [0.717, 1.165) is 25.3 Å². The number of fused-ring (bicyclic) bond motifs is 1. The SMILES string of the molecule is CCC(=O)CC(C)(C)O.Cc1nc2c(F)cc(OC(F)F)cc2n1C1(C)CCC1. The van der Waals surface area contributed by atoms with Gasteiger partial charge in [0, 0.05) is 30.5 Å². The lowest BCUT2D eigenvalue weighted by molar-refractivity contribution is -0.122. The lowest BCUT2D eigenvalue weighted by Gasteiger charge is -2.41. The Labute approximate surface area is 168 Å². The molecule has 0 spiro atoms. The molecule has 29 heavy (non-hydrogen) atoms. The zero-order chi connectivity index (χ0) is 22.0. The van der Waals surface area contributed by atoms with Crippen molar-refractivity contribution in [1.29, 1.82) is 0 Å². The molecule has 1 aliphatic rings. The summed E-state index contributed by atoms with van der Waals surface area (Å²) in [4.78, 5) is 14.9. The average Bonchev–Trinajstić information content (AvgIpc) is 2.88. The van der Waals surface area contributed by atoms with Gasteiger partial charge in [0.2, 0.25) is 0 Å². The van der Waals surface area contributed by atoms with E-state index in [-0.39, 0.29) is 29.0 Å². The molecule has 1 aromatic heterocycles. The van der Waals surface area contributed by atoms with E-state index in [9.17, 15) is 18.0 Å². The van der Waals surface area contributed by atoms with Gasteiger partial charge in [-0.15, -0.1) is 0 Å². The Balaban J connectivity index is 0.000000284. The monoisotopic (exact) mass is 414 g/mol. The molecule has 3 rings (SSSR count). The molecule has 0 bridgehead atoms. The Hall–Kier alpha value is -2.09. The highest BCUT2D eigenvalue weighted by molar-refractivity contribution is 5.79. The summed E-state index contributed by atoms with van der Waals surface area (Å²) in [5.41, 5.74) is -0.223. The summed E-state index contributed by atoms with van der Waals surface area (Å²) < 4.78 is 44.9. The quantitative estimate of drug-likeness (QED) is 0.713. The van der Waals surface area contributed by atoms with Crippen LogP contribution in [0.3, 0.4) is 0 Å². The molecule has 0 aliphatic heterocycles. The maximum absolute atomic E-state index is 14.0. The van der Waals surface area contributed by atoms with Gasteiger partial charge >= 0.3 is 6.61 Å². The van der Waals surface area contributed by atoms with Crippen molar-refractivity contribution < 1.29 is 27.8 Å². The number of carbonyl (C=O) groups is 1. The second kappa shape index (κ2) is 8.73. The fourth-order valence-electron chi connectivity index (χ4n) is 3.60.